The van der Waals surface area contributed by atoms with Gasteiger partial charge in [-0.2, -0.15) is 0 Å². The number of hydrogen-bond acceptors (Lipinski definition) is 3. The van der Waals surface area contributed by atoms with E-state index < -0.39 is 0 Å². The van der Waals surface area contributed by atoms with E-state index in [2.05, 4.69) is 27.9 Å². The van der Waals surface area contributed by atoms with Crippen molar-refractivity contribution in [3.8, 4) is 0 Å². The van der Waals surface area contributed by atoms with Gasteiger partial charge in [-0.15, -0.1) is 0 Å². The Balaban J connectivity index is 1.75. The summed E-state index contributed by atoms with van der Waals surface area (Å²) < 4.78 is 6.35. The number of hydrogen-bond donors (Lipinski definition) is 2. The van der Waals surface area contributed by atoms with Crippen LogP contribution in [0.25, 0.3) is 0 Å². The Labute approximate surface area is 143 Å². The van der Waals surface area contributed by atoms with E-state index in [1.54, 1.807) is 4.90 Å². The number of halogens is 1. The lowest BCUT2D eigenvalue weighted by Crippen LogP contribution is -3.11. The van der Waals surface area contributed by atoms with Crippen LogP contribution in [-0.2, 0) is 14.3 Å². The van der Waals surface area contributed by atoms with E-state index in [1.807, 2.05) is 31.3 Å². The molecule has 1 saturated heterocycles. The number of likely N-dealkylation sites (N-methyl/N-ethyl adjacent to an activating group) is 1. The number of benzene rings is 1. The van der Waals surface area contributed by atoms with Gasteiger partial charge in [-0.1, -0.05) is 0 Å². The van der Waals surface area contributed by atoms with Crippen molar-refractivity contribution in [2.75, 3.05) is 51.8 Å². The first-order valence-corrected chi connectivity index (χ1v) is 8.34. The summed E-state index contributed by atoms with van der Waals surface area (Å²) in [6.45, 7) is 3.06. The third-order valence-electron chi connectivity index (χ3n) is 3.41. The lowest BCUT2D eigenvalue weighted by atomic mass is 10.3. The van der Waals surface area contributed by atoms with Crippen molar-refractivity contribution in [3.05, 3.63) is 27.8 Å². The monoisotopic (exact) mass is 418 g/mol. The molecule has 120 valence electrons. The molecule has 2 amide bonds. The van der Waals surface area contributed by atoms with Crippen molar-refractivity contribution in [1.82, 2.24) is 4.90 Å². The van der Waals surface area contributed by atoms with E-state index in [4.69, 9.17) is 4.74 Å². The summed E-state index contributed by atoms with van der Waals surface area (Å²) in [5, 5.41) is 2.84. The number of carbonyl (C=O) groups excluding carboxylic acids is 2. The minimum atomic E-state index is -0.0894. The molecule has 22 heavy (non-hydrogen) atoms. The Morgan fingerprint density at radius 1 is 1.23 bits per heavy atom. The third kappa shape index (κ3) is 5.54. The van der Waals surface area contributed by atoms with E-state index >= 15 is 0 Å². The summed E-state index contributed by atoms with van der Waals surface area (Å²) in [6, 6.07) is 7.62. The molecule has 0 saturated carbocycles. The molecule has 1 fully saturated rings. The summed E-state index contributed by atoms with van der Waals surface area (Å²) in [7, 11) is 1.85. The Bertz CT molecular complexity index is 515. The van der Waals surface area contributed by atoms with Crippen LogP contribution in [-0.4, -0.2) is 63.2 Å². The molecule has 0 spiro atoms. The fraction of sp³-hybridized carbons (Fsp3) is 0.467. The topological polar surface area (TPSA) is 63.1 Å². The van der Waals surface area contributed by atoms with E-state index in [0.29, 0.717) is 32.8 Å². The highest BCUT2D eigenvalue weighted by Gasteiger charge is 2.21. The van der Waals surface area contributed by atoms with Crippen molar-refractivity contribution in [2.45, 2.75) is 0 Å². The zero-order valence-corrected chi connectivity index (χ0v) is 14.8. The maximum absolute atomic E-state index is 12.1. The van der Waals surface area contributed by atoms with Crippen LogP contribution < -0.4 is 10.2 Å². The summed E-state index contributed by atoms with van der Waals surface area (Å²) in [4.78, 5) is 26.8. The van der Waals surface area contributed by atoms with Crippen LogP contribution in [0.4, 0.5) is 5.69 Å². The van der Waals surface area contributed by atoms with E-state index in [-0.39, 0.29) is 18.4 Å². The number of nitrogens with one attached hydrogen (secondary N) is 2. The highest BCUT2D eigenvalue weighted by molar-refractivity contribution is 14.1. The molecule has 1 unspecified atom stereocenters. The molecule has 1 aromatic carbocycles. The first-order chi connectivity index (χ1) is 10.5. The van der Waals surface area contributed by atoms with Crippen LogP contribution in [0, 0.1) is 3.57 Å². The van der Waals surface area contributed by atoms with E-state index in [0.717, 1.165) is 14.2 Å². The standard InChI is InChI=1S/C15H20IN3O3/c1-18(11-15(21)19-6-8-22-9-7-19)10-14(20)17-13-4-2-12(16)3-5-13/h2-5H,6-11H2,1H3,(H,17,20)/p+1. The molecule has 0 aromatic heterocycles. The second-order valence-electron chi connectivity index (χ2n) is 5.36. The number of nitrogens with zero attached hydrogens (tertiary/aromatic N) is 1. The molecule has 0 bridgehead atoms. The quantitative estimate of drug-likeness (QED) is 0.641. The maximum Gasteiger partial charge on any atom is 0.279 e. The van der Waals surface area contributed by atoms with E-state index in [1.165, 1.54) is 0 Å². The molecule has 0 aliphatic carbocycles. The number of morpholine rings is 1. The number of rotatable bonds is 5. The Hall–Kier alpha value is -1.19. The lowest BCUT2D eigenvalue weighted by Gasteiger charge is -2.27. The van der Waals surface area contributed by atoms with Gasteiger partial charge in [0.1, 0.15) is 0 Å². The zero-order valence-electron chi connectivity index (χ0n) is 12.6. The molecule has 7 heteroatoms. The molecule has 2 rings (SSSR count). The molecule has 1 aliphatic rings. The Morgan fingerprint density at radius 2 is 1.86 bits per heavy atom. The van der Waals surface area contributed by atoms with Gasteiger partial charge in [0.15, 0.2) is 13.1 Å². The van der Waals surface area contributed by atoms with Crippen molar-refractivity contribution in [2.24, 2.45) is 0 Å². The molecular weight excluding hydrogens is 397 g/mol. The normalized spacial score (nSPS) is 16.2. The van der Waals surface area contributed by atoms with Gasteiger partial charge in [0.2, 0.25) is 0 Å². The largest absolute Gasteiger partial charge is 0.378 e. The smallest absolute Gasteiger partial charge is 0.279 e. The lowest BCUT2D eigenvalue weighted by molar-refractivity contribution is -0.862. The summed E-state index contributed by atoms with van der Waals surface area (Å²) >= 11 is 2.22. The van der Waals surface area contributed by atoms with Crippen molar-refractivity contribution < 1.29 is 19.2 Å². The molecule has 1 heterocycles. The highest BCUT2D eigenvalue weighted by Crippen LogP contribution is 2.10. The van der Waals surface area contributed by atoms with Gasteiger partial charge in [0.25, 0.3) is 11.8 Å². The maximum atomic E-state index is 12.1. The van der Waals surface area contributed by atoms with Crippen molar-refractivity contribution in [3.63, 3.8) is 0 Å². The fourth-order valence-corrected chi connectivity index (χ4v) is 2.62. The average molecular weight is 418 g/mol. The Kier molecular flexibility index (Phi) is 6.59. The second kappa shape index (κ2) is 8.44. The number of quaternary nitrogens is 1. The van der Waals surface area contributed by atoms with Gasteiger partial charge < -0.3 is 19.9 Å². The SMILES string of the molecule is C[NH+](CC(=O)Nc1ccc(I)cc1)CC(=O)N1CCOCC1. The molecule has 2 N–H and O–H groups in total. The summed E-state index contributed by atoms with van der Waals surface area (Å²) in [5.74, 6) is -0.0173. The number of ether oxygens (including phenoxy) is 1. The minimum Gasteiger partial charge on any atom is -0.378 e. The van der Waals surface area contributed by atoms with Gasteiger partial charge in [-0.05, 0) is 46.9 Å². The van der Waals surface area contributed by atoms with Crippen LogP contribution >= 0.6 is 22.6 Å². The number of amides is 2. The van der Waals surface area contributed by atoms with Crippen molar-refractivity contribution in [1.29, 1.82) is 0 Å². The first kappa shape index (κ1) is 17.2. The molecule has 0 radical (unpaired) electrons. The van der Waals surface area contributed by atoms with Crippen LogP contribution in [0.15, 0.2) is 24.3 Å². The Morgan fingerprint density at radius 3 is 2.50 bits per heavy atom. The van der Waals surface area contributed by atoms with Gasteiger partial charge in [0, 0.05) is 22.3 Å². The summed E-state index contributed by atoms with van der Waals surface area (Å²) in [5.41, 5.74) is 0.776. The third-order valence-corrected chi connectivity index (χ3v) is 4.13. The number of anilines is 1. The average Bonchev–Trinajstić information content (AvgIpc) is 2.50. The van der Waals surface area contributed by atoms with Gasteiger partial charge in [-0.25, -0.2) is 0 Å². The highest BCUT2D eigenvalue weighted by atomic mass is 127. The zero-order chi connectivity index (χ0) is 15.9. The summed E-state index contributed by atoms with van der Waals surface area (Å²) in [6.07, 6.45) is 0. The first-order valence-electron chi connectivity index (χ1n) is 7.27. The van der Waals surface area contributed by atoms with Crippen LogP contribution in [0.5, 0.6) is 0 Å². The molecular formula is C15H21IN3O3+. The second-order valence-corrected chi connectivity index (χ2v) is 6.60. The van der Waals surface area contributed by atoms with Gasteiger partial charge in [-0.3, -0.25) is 9.59 Å². The predicted octanol–water partition coefficient (Wildman–Crippen LogP) is -0.397. The van der Waals surface area contributed by atoms with E-state index in [9.17, 15) is 9.59 Å². The van der Waals surface area contributed by atoms with Crippen LogP contribution in [0.1, 0.15) is 0 Å². The number of carbonyl (C=O) groups is 2. The van der Waals surface area contributed by atoms with Gasteiger partial charge >= 0.3 is 0 Å². The van der Waals surface area contributed by atoms with Crippen molar-refractivity contribution >= 4 is 40.1 Å². The fourth-order valence-electron chi connectivity index (χ4n) is 2.26. The molecule has 1 atom stereocenters. The molecule has 6 nitrogen and oxygen atoms in total. The van der Waals surface area contributed by atoms with Crippen LogP contribution in [0.2, 0.25) is 0 Å². The van der Waals surface area contributed by atoms with Crippen LogP contribution in [0.3, 0.4) is 0 Å². The molecule has 1 aliphatic heterocycles. The predicted molar refractivity (Wildman–Crippen MR) is 91.8 cm³/mol. The molecule has 1 aromatic rings. The van der Waals surface area contributed by atoms with Gasteiger partial charge in [0.05, 0.1) is 20.3 Å². The minimum absolute atomic E-state index is 0.0721.